The molecule has 0 fully saturated rings. The zero-order valence-electron chi connectivity index (χ0n) is 17.1. The van der Waals surface area contributed by atoms with E-state index >= 15 is 0 Å². The number of para-hydroxylation sites is 1. The molecule has 32 heavy (non-hydrogen) atoms. The summed E-state index contributed by atoms with van der Waals surface area (Å²) in [5.74, 6) is -0.404. The number of aromatic nitrogens is 1. The Kier molecular flexibility index (Phi) is 4.66. The summed E-state index contributed by atoms with van der Waals surface area (Å²) in [6.07, 6.45) is -2.51. The highest BCUT2D eigenvalue weighted by atomic mass is 19.4. The minimum atomic E-state index is -4.39. The molecule has 160 valence electrons. The molecule has 5 aromatic rings. The molecule has 2 heterocycles. The van der Waals surface area contributed by atoms with Gasteiger partial charge in [0.05, 0.1) is 28.8 Å². The smallest absolute Gasteiger partial charge is 0.416 e. The van der Waals surface area contributed by atoms with Crippen molar-refractivity contribution in [3.05, 3.63) is 90.1 Å². The van der Waals surface area contributed by atoms with Crippen molar-refractivity contribution in [3.63, 3.8) is 0 Å². The van der Waals surface area contributed by atoms with Crippen LogP contribution in [0.25, 0.3) is 38.3 Å². The average molecular weight is 433 g/mol. The third-order valence-electron chi connectivity index (χ3n) is 5.64. The van der Waals surface area contributed by atoms with Crippen LogP contribution in [0.2, 0.25) is 0 Å². The van der Waals surface area contributed by atoms with Crippen LogP contribution in [0.3, 0.4) is 0 Å². The number of carbonyl (C=O) groups is 1. The van der Waals surface area contributed by atoms with E-state index in [1.165, 1.54) is 12.1 Å². The van der Waals surface area contributed by atoms with Crippen molar-refractivity contribution in [3.8, 4) is 11.1 Å². The maximum absolute atomic E-state index is 13.1. The number of halogens is 3. The number of ether oxygens (including phenoxy) is 1. The highest BCUT2D eigenvalue weighted by molar-refractivity contribution is 6.19. The van der Waals surface area contributed by atoms with Gasteiger partial charge in [-0.2, -0.15) is 13.2 Å². The van der Waals surface area contributed by atoms with E-state index in [1.807, 2.05) is 59.1 Å². The number of rotatable bonds is 3. The Morgan fingerprint density at radius 2 is 1.50 bits per heavy atom. The minimum Gasteiger partial charge on any atom is -0.462 e. The van der Waals surface area contributed by atoms with Gasteiger partial charge in [0.2, 0.25) is 0 Å². The van der Waals surface area contributed by atoms with Crippen LogP contribution in [0, 0.1) is 0 Å². The van der Waals surface area contributed by atoms with Crippen LogP contribution in [0.5, 0.6) is 0 Å². The zero-order valence-corrected chi connectivity index (χ0v) is 17.1. The molecule has 0 aliphatic carbocycles. The lowest BCUT2D eigenvalue weighted by molar-refractivity contribution is -0.137. The fourth-order valence-electron chi connectivity index (χ4n) is 4.26. The van der Waals surface area contributed by atoms with E-state index in [4.69, 9.17) is 4.74 Å². The number of esters is 1. The first kappa shape index (κ1) is 20.1. The number of hydrogen-bond donors (Lipinski definition) is 0. The molecule has 0 unspecified atom stereocenters. The van der Waals surface area contributed by atoms with Crippen molar-refractivity contribution in [2.24, 2.45) is 0 Å². The van der Waals surface area contributed by atoms with Crippen LogP contribution in [-0.2, 0) is 10.9 Å². The van der Waals surface area contributed by atoms with Crippen molar-refractivity contribution < 1.29 is 22.7 Å². The van der Waals surface area contributed by atoms with Crippen molar-refractivity contribution in [2.75, 3.05) is 6.61 Å². The summed E-state index contributed by atoms with van der Waals surface area (Å²) in [6.45, 7) is 2.02. The number of pyridine rings is 1. The van der Waals surface area contributed by atoms with Crippen molar-refractivity contribution in [1.29, 1.82) is 0 Å². The minimum absolute atomic E-state index is 0.256. The number of fused-ring (bicyclic) bond motifs is 5. The van der Waals surface area contributed by atoms with Crippen molar-refractivity contribution >= 4 is 33.2 Å². The average Bonchev–Trinajstić information content (AvgIpc) is 3.13. The maximum Gasteiger partial charge on any atom is 0.416 e. The number of alkyl halides is 3. The Morgan fingerprint density at radius 3 is 2.16 bits per heavy atom. The predicted molar refractivity (Wildman–Crippen MR) is 119 cm³/mol. The number of hydrogen-bond acceptors (Lipinski definition) is 2. The molecule has 5 rings (SSSR count). The van der Waals surface area contributed by atoms with Gasteiger partial charge in [0.1, 0.15) is 0 Å². The molecule has 3 nitrogen and oxygen atoms in total. The number of carbonyl (C=O) groups excluding carboxylic acids is 1. The number of nitrogens with zero attached hydrogens (tertiary/aromatic N) is 1. The molecular formula is C26H18F3NO2. The first-order valence-electron chi connectivity index (χ1n) is 10.2. The zero-order chi connectivity index (χ0) is 22.5. The van der Waals surface area contributed by atoms with Crippen LogP contribution in [-0.4, -0.2) is 17.0 Å². The van der Waals surface area contributed by atoms with E-state index in [-0.39, 0.29) is 6.61 Å². The van der Waals surface area contributed by atoms with Crippen molar-refractivity contribution in [2.45, 2.75) is 13.1 Å². The standard InChI is InChI=1S/C26H18F3NO2/c1-2-32-25(31)23-20-9-5-6-10-22(20)30-15-21(18-7-3-4-8-19(18)24(23)30)16-11-13-17(14-12-16)26(27,28)29/h3-15H,2H2,1H3. The molecule has 0 atom stereocenters. The fraction of sp³-hybridized carbons (Fsp3) is 0.115. The molecule has 0 N–H and O–H groups in total. The Bertz CT molecular complexity index is 1480. The molecule has 0 amide bonds. The third kappa shape index (κ3) is 3.11. The Balaban J connectivity index is 1.87. The van der Waals surface area contributed by atoms with E-state index < -0.39 is 17.7 Å². The monoisotopic (exact) mass is 433 g/mol. The van der Waals surface area contributed by atoms with Gasteiger partial charge in [-0.25, -0.2) is 4.79 Å². The molecule has 0 spiro atoms. The second-order valence-corrected chi connectivity index (χ2v) is 7.49. The molecule has 6 heteroatoms. The van der Waals surface area contributed by atoms with E-state index in [1.54, 1.807) is 6.92 Å². The van der Waals surface area contributed by atoms with Gasteiger partial charge in [-0.1, -0.05) is 54.6 Å². The van der Waals surface area contributed by atoms with E-state index in [2.05, 4.69) is 0 Å². The molecule has 0 saturated heterocycles. The molecule has 0 bridgehead atoms. The van der Waals surface area contributed by atoms with E-state index in [0.29, 0.717) is 11.1 Å². The Hall–Kier alpha value is -3.80. The van der Waals surface area contributed by atoms with Gasteiger partial charge < -0.3 is 9.14 Å². The lowest BCUT2D eigenvalue weighted by Crippen LogP contribution is -2.05. The van der Waals surface area contributed by atoms with Crippen LogP contribution in [0.1, 0.15) is 22.8 Å². The second-order valence-electron chi connectivity index (χ2n) is 7.49. The fourth-order valence-corrected chi connectivity index (χ4v) is 4.26. The SMILES string of the molecule is CCOC(=O)c1c2ccccc2n2cc(-c3ccc(C(F)(F)F)cc3)c3ccccc3c12. The topological polar surface area (TPSA) is 30.7 Å². The van der Waals surface area contributed by atoms with Crippen LogP contribution < -0.4 is 0 Å². The van der Waals surface area contributed by atoms with Gasteiger partial charge in [-0.05, 0) is 36.1 Å². The van der Waals surface area contributed by atoms with E-state index in [0.717, 1.165) is 44.9 Å². The molecule has 3 aromatic carbocycles. The first-order chi connectivity index (χ1) is 15.4. The predicted octanol–water partition coefficient (Wildman–Crippen LogP) is 7.11. The van der Waals surface area contributed by atoms with Gasteiger partial charge >= 0.3 is 12.1 Å². The van der Waals surface area contributed by atoms with Gasteiger partial charge in [-0.15, -0.1) is 0 Å². The van der Waals surface area contributed by atoms with Crippen LogP contribution >= 0.6 is 0 Å². The largest absolute Gasteiger partial charge is 0.462 e. The van der Waals surface area contributed by atoms with Gasteiger partial charge in [0.25, 0.3) is 0 Å². The molecule has 0 aliphatic rings. The van der Waals surface area contributed by atoms with Crippen LogP contribution in [0.4, 0.5) is 13.2 Å². The lowest BCUT2D eigenvalue weighted by Gasteiger charge is -2.13. The summed E-state index contributed by atoms with van der Waals surface area (Å²) in [5, 5.41) is 2.43. The quantitative estimate of drug-likeness (QED) is 0.284. The molecule has 0 radical (unpaired) electrons. The van der Waals surface area contributed by atoms with Crippen molar-refractivity contribution in [1.82, 2.24) is 4.40 Å². The normalized spacial score (nSPS) is 12.0. The van der Waals surface area contributed by atoms with Gasteiger partial charge in [0, 0.05) is 22.5 Å². The van der Waals surface area contributed by atoms with Gasteiger partial charge in [-0.3, -0.25) is 0 Å². The molecule has 2 aromatic heterocycles. The third-order valence-corrected chi connectivity index (χ3v) is 5.64. The highest BCUT2D eigenvalue weighted by Gasteiger charge is 2.30. The summed E-state index contributed by atoms with van der Waals surface area (Å²) in [6, 6.07) is 20.3. The molecule has 0 saturated carbocycles. The maximum atomic E-state index is 13.1. The van der Waals surface area contributed by atoms with Gasteiger partial charge in [0.15, 0.2) is 0 Å². The second kappa shape index (κ2) is 7.41. The summed E-state index contributed by atoms with van der Waals surface area (Å²) in [4.78, 5) is 12.9. The van der Waals surface area contributed by atoms with Crippen LogP contribution in [0.15, 0.2) is 79.0 Å². The summed E-state index contributed by atoms with van der Waals surface area (Å²) in [7, 11) is 0. The Morgan fingerprint density at radius 1 is 0.875 bits per heavy atom. The highest BCUT2D eigenvalue weighted by Crippen LogP contribution is 2.38. The van der Waals surface area contributed by atoms with E-state index in [9.17, 15) is 18.0 Å². The lowest BCUT2D eigenvalue weighted by atomic mass is 9.98. The molecular weight excluding hydrogens is 415 g/mol. The molecule has 0 aliphatic heterocycles. The summed E-state index contributed by atoms with van der Waals surface area (Å²) >= 11 is 0. The Labute approximate surface area is 181 Å². The summed E-state index contributed by atoms with van der Waals surface area (Å²) in [5.41, 5.74) is 2.77. The first-order valence-corrected chi connectivity index (χ1v) is 10.2. The summed E-state index contributed by atoms with van der Waals surface area (Å²) < 4.78 is 46.4. The number of benzene rings is 3.